The van der Waals surface area contributed by atoms with Crippen molar-refractivity contribution >= 4 is 33.5 Å². The molecule has 0 amide bonds. The second kappa shape index (κ2) is 6.92. The molecule has 1 rings (SSSR count). The van der Waals surface area contributed by atoms with Gasteiger partial charge in [0.2, 0.25) is 0 Å². The van der Waals surface area contributed by atoms with Crippen LogP contribution in [0.1, 0.15) is 17.5 Å². The molecule has 0 unspecified atom stereocenters. The van der Waals surface area contributed by atoms with Gasteiger partial charge in [0.05, 0.1) is 13.5 Å². The minimum Gasteiger partial charge on any atom is -0.469 e. The van der Waals surface area contributed by atoms with Gasteiger partial charge < -0.3 is 4.74 Å². The molecule has 0 aliphatic rings. The summed E-state index contributed by atoms with van der Waals surface area (Å²) >= 11 is 9.07. The van der Waals surface area contributed by atoms with Gasteiger partial charge in [0.15, 0.2) is 0 Å². The lowest BCUT2D eigenvalue weighted by molar-refractivity contribution is -0.139. The van der Waals surface area contributed by atoms with Crippen molar-refractivity contribution in [3.63, 3.8) is 0 Å². The number of alkyl halides is 1. The Hall–Kier alpha value is -0.540. The largest absolute Gasteiger partial charge is 0.469 e. The van der Waals surface area contributed by atoms with E-state index >= 15 is 0 Å². The number of benzene rings is 1. The van der Waals surface area contributed by atoms with Crippen LogP contribution in [0.3, 0.4) is 0 Å². The van der Waals surface area contributed by atoms with Gasteiger partial charge in [-0.15, -0.1) is 11.6 Å². The van der Waals surface area contributed by atoms with Crippen LogP contribution in [0.15, 0.2) is 22.7 Å². The van der Waals surface area contributed by atoms with Crippen LogP contribution >= 0.6 is 27.5 Å². The van der Waals surface area contributed by atoms with Crippen molar-refractivity contribution in [3.05, 3.63) is 33.8 Å². The molecular weight excluding hydrogens is 291 g/mol. The summed E-state index contributed by atoms with van der Waals surface area (Å²) in [7, 11) is 1.40. The van der Waals surface area contributed by atoms with E-state index in [-0.39, 0.29) is 5.97 Å². The summed E-state index contributed by atoms with van der Waals surface area (Å²) in [5, 5.41) is 0. The fourth-order valence-corrected chi connectivity index (χ4v) is 2.03. The fourth-order valence-electron chi connectivity index (χ4n) is 1.49. The van der Waals surface area contributed by atoms with Gasteiger partial charge >= 0.3 is 5.97 Å². The van der Waals surface area contributed by atoms with Crippen LogP contribution in [0.5, 0.6) is 0 Å². The average Bonchev–Trinajstić information content (AvgIpc) is 2.28. The maximum absolute atomic E-state index is 11.3. The second-order valence-corrected chi connectivity index (χ2v) is 4.75. The van der Waals surface area contributed by atoms with Crippen LogP contribution < -0.4 is 0 Å². The summed E-state index contributed by atoms with van der Waals surface area (Å²) in [6.45, 7) is 0. The van der Waals surface area contributed by atoms with E-state index in [1.807, 2.05) is 18.2 Å². The average molecular weight is 306 g/mol. The summed E-state index contributed by atoms with van der Waals surface area (Å²) in [6.07, 6.45) is 2.12. The third kappa shape index (κ3) is 4.14. The summed E-state index contributed by atoms with van der Waals surface area (Å²) in [5.41, 5.74) is 2.17. The van der Waals surface area contributed by atoms with E-state index in [9.17, 15) is 4.79 Å². The summed E-state index contributed by atoms with van der Waals surface area (Å²) in [6, 6.07) is 5.96. The third-order valence-corrected chi connectivity index (χ3v) is 3.07. The van der Waals surface area contributed by atoms with E-state index < -0.39 is 0 Å². The molecule has 0 heterocycles. The van der Waals surface area contributed by atoms with Gasteiger partial charge in [-0.25, -0.2) is 0 Å². The number of methoxy groups -OCH3 is 1. The van der Waals surface area contributed by atoms with Crippen LogP contribution in [0.4, 0.5) is 0 Å². The Labute approximate surface area is 109 Å². The molecule has 16 heavy (non-hydrogen) atoms. The molecule has 0 N–H and O–H groups in total. The number of halogens is 2. The third-order valence-electron chi connectivity index (χ3n) is 2.31. The molecule has 1 aromatic rings. The zero-order valence-electron chi connectivity index (χ0n) is 9.13. The molecule has 0 aromatic heterocycles. The number of rotatable bonds is 5. The number of carbonyl (C=O) groups is 1. The lowest BCUT2D eigenvalue weighted by atomic mass is 10.0. The van der Waals surface area contributed by atoms with Crippen LogP contribution in [0.25, 0.3) is 0 Å². The monoisotopic (exact) mass is 304 g/mol. The summed E-state index contributed by atoms with van der Waals surface area (Å²) < 4.78 is 5.65. The summed E-state index contributed by atoms with van der Waals surface area (Å²) in [5.74, 6) is 0.415. The van der Waals surface area contributed by atoms with E-state index in [1.54, 1.807) is 0 Å². The predicted octanol–water partition coefficient (Wildman–Crippen LogP) is 3.34. The van der Waals surface area contributed by atoms with E-state index in [4.69, 9.17) is 11.6 Å². The summed E-state index contributed by atoms with van der Waals surface area (Å²) in [4.78, 5) is 11.3. The molecule has 0 saturated heterocycles. The van der Waals surface area contributed by atoms with Gasteiger partial charge in [-0.2, -0.15) is 0 Å². The normalized spacial score (nSPS) is 10.2. The van der Waals surface area contributed by atoms with Crippen LogP contribution in [0.2, 0.25) is 0 Å². The molecule has 0 spiro atoms. The van der Waals surface area contributed by atoms with Crippen molar-refractivity contribution in [1.29, 1.82) is 0 Å². The first kappa shape index (κ1) is 13.5. The zero-order valence-corrected chi connectivity index (χ0v) is 11.5. The van der Waals surface area contributed by atoms with Gasteiger partial charge in [-0.05, 0) is 36.1 Å². The molecule has 0 radical (unpaired) electrons. The van der Waals surface area contributed by atoms with Crippen molar-refractivity contribution in [2.45, 2.75) is 19.3 Å². The molecular formula is C12H14BrClO2. The quantitative estimate of drug-likeness (QED) is 0.616. The molecule has 0 bridgehead atoms. The Morgan fingerprint density at radius 1 is 1.44 bits per heavy atom. The Balaban J connectivity index is 2.84. The molecule has 0 atom stereocenters. The van der Waals surface area contributed by atoms with E-state index in [1.165, 1.54) is 7.11 Å². The molecule has 0 fully saturated rings. The van der Waals surface area contributed by atoms with Gasteiger partial charge in [0.1, 0.15) is 0 Å². The van der Waals surface area contributed by atoms with Crippen molar-refractivity contribution in [1.82, 2.24) is 0 Å². The van der Waals surface area contributed by atoms with Gasteiger partial charge in [0.25, 0.3) is 0 Å². The standard InChI is InChI=1S/C12H14BrClO2/c1-16-12(15)8-10-7-11(13)5-4-9(10)3-2-6-14/h4-5,7H,2-3,6,8H2,1H3. The highest BCUT2D eigenvalue weighted by Gasteiger charge is 2.08. The van der Waals surface area contributed by atoms with Crippen molar-refractivity contribution in [3.8, 4) is 0 Å². The molecule has 4 heteroatoms. The highest BCUT2D eigenvalue weighted by Crippen LogP contribution is 2.19. The number of ether oxygens (including phenoxy) is 1. The number of aryl methyl sites for hydroxylation is 1. The Kier molecular flexibility index (Phi) is 5.85. The number of hydrogen-bond acceptors (Lipinski definition) is 2. The van der Waals surface area contributed by atoms with Crippen molar-refractivity contribution in [2.75, 3.05) is 13.0 Å². The fraction of sp³-hybridized carbons (Fsp3) is 0.417. The Morgan fingerprint density at radius 2 is 2.19 bits per heavy atom. The van der Waals surface area contributed by atoms with E-state index in [2.05, 4.69) is 20.7 Å². The highest BCUT2D eigenvalue weighted by molar-refractivity contribution is 9.10. The van der Waals surface area contributed by atoms with Crippen LogP contribution in [0, 0.1) is 0 Å². The maximum Gasteiger partial charge on any atom is 0.309 e. The van der Waals surface area contributed by atoms with Gasteiger partial charge in [0, 0.05) is 10.4 Å². The SMILES string of the molecule is COC(=O)Cc1cc(Br)ccc1CCCCl. The van der Waals surface area contributed by atoms with Crippen LogP contribution in [-0.4, -0.2) is 19.0 Å². The van der Waals surface area contributed by atoms with E-state index in [0.717, 1.165) is 28.4 Å². The number of hydrogen-bond donors (Lipinski definition) is 0. The Morgan fingerprint density at radius 3 is 2.81 bits per heavy atom. The first-order valence-electron chi connectivity index (χ1n) is 5.07. The first-order valence-corrected chi connectivity index (χ1v) is 6.40. The first-order chi connectivity index (χ1) is 7.67. The second-order valence-electron chi connectivity index (χ2n) is 3.46. The van der Waals surface area contributed by atoms with Gasteiger partial charge in [-0.1, -0.05) is 22.0 Å². The molecule has 88 valence electrons. The highest BCUT2D eigenvalue weighted by atomic mass is 79.9. The minimum atomic E-state index is -0.217. The lowest BCUT2D eigenvalue weighted by Crippen LogP contribution is -2.07. The number of esters is 1. The maximum atomic E-state index is 11.3. The van der Waals surface area contributed by atoms with Crippen molar-refractivity contribution in [2.24, 2.45) is 0 Å². The Bertz CT molecular complexity index is 366. The van der Waals surface area contributed by atoms with Crippen molar-refractivity contribution < 1.29 is 9.53 Å². The van der Waals surface area contributed by atoms with Gasteiger partial charge in [-0.3, -0.25) is 4.79 Å². The molecule has 0 aliphatic heterocycles. The lowest BCUT2D eigenvalue weighted by Gasteiger charge is -2.08. The molecule has 0 aliphatic carbocycles. The van der Waals surface area contributed by atoms with Crippen LogP contribution in [-0.2, 0) is 22.4 Å². The topological polar surface area (TPSA) is 26.3 Å². The number of carbonyl (C=O) groups excluding carboxylic acids is 1. The zero-order chi connectivity index (χ0) is 12.0. The molecule has 2 nitrogen and oxygen atoms in total. The minimum absolute atomic E-state index is 0.217. The predicted molar refractivity (Wildman–Crippen MR) is 68.9 cm³/mol. The van der Waals surface area contributed by atoms with E-state index in [0.29, 0.717) is 12.3 Å². The molecule has 1 aromatic carbocycles. The smallest absolute Gasteiger partial charge is 0.309 e. The molecule has 0 saturated carbocycles.